The van der Waals surface area contributed by atoms with E-state index in [4.69, 9.17) is 0 Å². The minimum Gasteiger partial charge on any atom is -0.480 e. The first-order valence-corrected chi connectivity index (χ1v) is 7.44. The van der Waals surface area contributed by atoms with Crippen molar-refractivity contribution in [3.8, 4) is 0 Å². The van der Waals surface area contributed by atoms with Crippen LogP contribution in [0.4, 0.5) is 4.79 Å². The SMILES string of the molecule is CCN(C(=O)NC1CCSCC1)C(C)(C)C(=O)O. The predicted octanol–water partition coefficient (Wildman–Crippen LogP) is 1.78. The first-order chi connectivity index (χ1) is 8.39. The highest BCUT2D eigenvalue weighted by molar-refractivity contribution is 7.99. The van der Waals surface area contributed by atoms with Crippen LogP contribution in [0.15, 0.2) is 0 Å². The number of urea groups is 1. The molecule has 0 aromatic carbocycles. The highest BCUT2D eigenvalue weighted by Crippen LogP contribution is 2.19. The maximum atomic E-state index is 12.1. The summed E-state index contributed by atoms with van der Waals surface area (Å²) in [4.78, 5) is 24.7. The van der Waals surface area contributed by atoms with Crippen molar-refractivity contribution < 1.29 is 14.7 Å². The number of hydrogen-bond donors (Lipinski definition) is 2. The van der Waals surface area contributed by atoms with Gasteiger partial charge in [0.15, 0.2) is 0 Å². The number of carboxylic acid groups (broad SMARTS) is 1. The zero-order valence-corrected chi connectivity index (χ0v) is 12.0. The number of nitrogens with one attached hydrogen (secondary N) is 1. The summed E-state index contributed by atoms with van der Waals surface area (Å²) in [7, 11) is 0. The second kappa shape index (κ2) is 6.31. The second-order valence-electron chi connectivity index (χ2n) is 4.94. The number of rotatable bonds is 4. The molecule has 2 N–H and O–H groups in total. The Morgan fingerprint density at radius 3 is 2.39 bits per heavy atom. The van der Waals surface area contributed by atoms with Crippen LogP contribution in [0.25, 0.3) is 0 Å². The molecule has 1 saturated heterocycles. The van der Waals surface area contributed by atoms with Gasteiger partial charge in [-0.2, -0.15) is 11.8 Å². The van der Waals surface area contributed by atoms with E-state index in [9.17, 15) is 14.7 Å². The molecule has 5 nitrogen and oxygen atoms in total. The third-order valence-electron chi connectivity index (χ3n) is 3.31. The fourth-order valence-corrected chi connectivity index (χ4v) is 3.11. The number of carboxylic acids is 1. The number of thioether (sulfide) groups is 1. The molecular weight excluding hydrogens is 252 g/mol. The number of hydrogen-bond acceptors (Lipinski definition) is 3. The molecule has 1 aliphatic rings. The number of aliphatic carboxylic acids is 1. The lowest BCUT2D eigenvalue weighted by atomic mass is 10.0. The van der Waals surface area contributed by atoms with Crippen LogP contribution in [-0.2, 0) is 4.79 Å². The lowest BCUT2D eigenvalue weighted by molar-refractivity contribution is -0.147. The maximum Gasteiger partial charge on any atom is 0.329 e. The fourth-order valence-electron chi connectivity index (χ4n) is 2.00. The van der Waals surface area contributed by atoms with Crippen LogP contribution in [0.3, 0.4) is 0 Å². The molecule has 0 spiro atoms. The molecule has 0 radical (unpaired) electrons. The number of amides is 2. The summed E-state index contributed by atoms with van der Waals surface area (Å²) < 4.78 is 0. The molecule has 6 heteroatoms. The summed E-state index contributed by atoms with van der Waals surface area (Å²) in [6.45, 7) is 5.28. The molecule has 1 heterocycles. The van der Waals surface area contributed by atoms with Crippen molar-refractivity contribution in [1.29, 1.82) is 0 Å². The average Bonchev–Trinajstić information content (AvgIpc) is 2.30. The van der Waals surface area contributed by atoms with Crippen molar-refractivity contribution in [2.75, 3.05) is 18.1 Å². The van der Waals surface area contributed by atoms with Gasteiger partial charge in [0.05, 0.1) is 0 Å². The summed E-state index contributed by atoms with van der Waals surface area (Å²) in [5.41, 5.74) is -1.18. The van der Waals surface area contributed by atoms with Crippen LogP contribution >= 0.6 is 11.8 Å². The molecule has 104 valence electrons. The lowest BCUT2D eigenvalue weighted by Gasteiger charge is -2.36. The highest BCUT2D eigenvalue weighted by Gasteiger charge is 2.37. The largest absolute Gasteiger partial charge is 0.480 e. The first-order valence-electron chi connectivity index (χ1n) is 6.28. The van der Waals surface area contributed by atoms with Gasteiger partial charge in [-0.15, -0.1) is 0 Å². The molecule has 0 aliphatic carbocycles. The number of carbonyl (C=O) groups excluding carboxylic acids is 1. The van der Waals surface area contributed by atoms with Gasteiger partial charge in [-0.25, -0.2) is 9.59 Å². The molecule has 2 amide bonds. The summed E-state index contributed by atoms with van der Waals surface area (Å²) >= 11 is 1.89. The van der Waals surface area contributed by atoms with Crippen molar-refractivity contribution in [1.82, 2.24) is 10.2 Å². The van der Waals surface area contributed by atoms with Gasteiger partial charge in [-0.05, 0) is 45.1 Å². The summed E-state index contributed by atoms with van der Waals surface area (Å²) in [5, 5.41) is 12.1. The monoisotopic (exact) mass is 274 g/mol. The van der Waals surface area contributed by atoms with Crippen molar-refractivity contribution >= 4 is 23.8 Å². The standard InChI is InChI=1S/C12H22N2O3S/c1-4-14(12(2,3)10(15)16)11(17)13-9-5-7-18-8-6-9/h9H,4-8H2,1-3H3,(H,13,17)(H,15,16). The van der Waals surface area contributed by atoms with Crippen LogP contribution in [0, 0.1) is 0 Å². The zero-order chi connectivity index (χ0) is 13.8. The Kier molecular flexibility index (Phi) is 5.31. The topological polar surface area (TPSA) is 69.6 Å². The highest BCUT2D eigenvalue weighted by atomic mass is 32.2. The fraction of sp³-hybridized carbons (Fsp3) is 0.833. The Bertz CT molecular complexity index is 314. The Balaban J connectivity index is 2.64. The molecule has 0 atom stereocenters. The van der Waals surface area contributed by atoms with Gasteiger partial charge in [0.25, 0.3) is 0 Å². The van der Waals surface area contributed by atoms with E-state index in [-0.39, 0.29) is 12.1 Å². The zero-order valence-electron chi connectivity index (χ0n) is 11.2. The molecule has 1 aliphatic heterocycles. The van der Waals surface area contributed by atoms with E-state index in [1.807, 2.05) is 11.8 Å². The molecule has 0 unspecified atom stereocenters. The Morgan fingerprint density at radius 1 is 1.39 bits per heavy atom. The third kappa shape index (κ3) is 3.54. The summed E-state index contributed by atoms with van der Waals surface area (Å²) in [6.07, 6.45) is 1.92. The maximum absolute atomic E-state index is 12.1. The van der Waals surface area contributed by atoms with Gasteiger partial charge in [-0.1, -0.05) is 0 Å². The summed E-state index contributed by atoms with van der Waals surface area (Å²) in [5.74, 6) is 1.12. The average molecular weight is 274 g/mol. The van der Waals surface area contributed by atoms with Crippen molar-refractivity contribution in [2.45, 2.75) is 45.2 Å². The van der Waals surface area contributed by atoms with E-state index in [1.54, 1.807) is 20.8 Å². The second-order valence-corrected chi connectivity index (χ2v) is 6.17. The Hall–Kier alpha value is -0.910. The predicted molar refractivity (Wildman–Crippen MR) is 73.0 cm³/mol. The van der Waals surface area contributed by atoms with E-state index in [0.29, 0.717) is 6.54 Å². The van der Waals surface area contributed by atoms with Crippen molar-refractivity contribution in [3.05, 3.63) is 0 Å². The normalized spacial score (nSPS) is 17.3. The minimum absolute atomic E-state index is 0.178. The van der Waals surface area contributed by atoms with Gasteiger partial charge >= 0.3 is 12.0 Å². The van der Waals surface area contributed by atoms with Gasteiger partial charge < -0.3 is 15.3 Å². The van der Waals surface area contributed by atoms with Crippen molar-refractivity contribution in [3.63, 3.8) is 0 Å². The van der Waals surface area contributed by atoms with E-state index in [1.165, 1.54) is 4.90 Å². The van der Waals surface area contributed by atoms with E-state index in [0.717, 1.165) is 24.3 Å². The van der Waals surface area contributed by atoms with E-state index in [2.05, 4.69) is 5.32 Å². The number of nitrogens with zero attached hydrogens (tertiary/aromatic N) is 1. The van der Waals surface area contributed by atoms with E-state index >= 15 is 0 Å². The molecule has 1 rings (SSSR count). The Morgan fingerprint density at radius 2 is 1.94 bits per heavy atom. The molecule has 1 fully saturated rings. The smallest absolute Gasteiger partial charge is 0.329 e. The number of likely N-dealkylation sites (N-methyl/N-ethyl adjacent to an activating group) is 1. The van der Waals surface area contributed by atoms with Gasteiger partial charge in [0, 0.05) is 12.6 Å². The molecule has 18 heavy (non-hydrogen) atoms. The third-order valence-corrected chi connectivity index (χ3v) is 4.36. The van der Waals surface area contributed by atoms with Crippen LogP contribution in [0.5, 0.6) is 0 Å². The lowest BCUT2D eigenvalue weighted by Crippen LogP contribution is -2.57. The van der Waals surface area contributed by atoms with Crippen LogP contribution in [0.2, 0.25) is 0 Å². The van der Waals surface area contributed by atoms with Gasteiger partial charge in [-0.3, -0.25) is 0 Å². The number of carbonyl (C=O) groups is 2. The minimum atomic E-state index is -1.18. The van der Waals surface area contributed by atoms with Crippen LogP contribution < -0.4 is 5.32 Å². The first kappa shape index (κ1) is 15.1. The quantitative estimate of drug-likeness (QED) is 0.820. The summed E-state index contributed by atoms with van der Waals surface area (Å²) in [6, 6.07) is -0.0980. The molecule has 0 bridgehead atoms. The van der Waals surface area contributed by atoms with Gasteiger partial charge in [0.1, 0.15) is 5.54 Å². The van der Waals surface area contributed by atoms with Gasteiger partial charge in [0.2, 0.25) is 0 Å². The molecule has 0 aromatic rings. The molecule has 0 aromatic heterocycles. The Labute approximate surface area is 112 Å². The van der Waals surface area contributed by atoms with Crippen LogP contribution in [-0.4, -0.2) is 51.6 Å². The van der Waals surface area contributed by atoms with E-state index < -0.39 is 11.5 Å². The van der Waals surface area contributed by atoms with Crippen LogP contribution in [0.1, 0.15) is 33.6 Å². The molecular formula is C12H22N2O3S. The van der Waals surface area contributed by atoms with Crippen molar-refractivity contribution in [2.24, 2.45) is 0 Å². The molecule has 0 saturated carbocycles.